The lowest BCUT2D eigenvalue weighted by atomic mass is 10.4. The second kappa shape index (κ2) is 7.21. The summed E-state index contributed by atoms with van der Waals surface area (Å²) in [5.41, 5.74) is 0. The average Bonchev–Trinajstić information content (AvgIpc) is 2.56. The Hall–Kier alpha value is -0.900. The van der Waals surface area contributed by atoms with Crippen molar-refractivity contribution in [2.75, 3.05) is 0 Å². The highest BCUT2D eigenvalue weighted by Gasteiger charge is 1.84. The quantitative estimate of drug-likeness (QED) is 0.422. The summed E-state index contributed by atoms with van der Waals surface area (Å²) < 4.78 is 8.54. The van der Waals surface area contributed by atoms with Crippen LogP contribution in [-0.2, 0) is 15.4 Å². The molecule has 0 atom stereocenters. The maximum atomic E-state index is 8.88. The van der Waals surface area contributed by atoms with E-state index in [4.69, 9.17) is 9.21 Å². The minimum Gasteiger partial charge on any atom is -0.469 e. The molecule has 1 rings (SSSR count). The first-order valence-electron chi connectivity index (χ1n) is 3.11. The first-order valence-corrected chi connectivity index (χ1v) is 3.47. The van der Waals surface area contributed by atoms with Crippen LogP contribution in [0.2, 0.25) is 0 Å². The zero-order valence-corrected chi connectivity index (χ0v) is 7.08. The fourth-order valence-corrected chi connectivity index (χ4v) is 0.514. The van der Waals surface area contributed by atoms with Crippen LogP contribution in [0.25, 0.3) is 0 Å². The number of thiol groups is 1. The van der Waals surface area contributed by atoms with E-state index < -0.39 is 0 Å². The second-order valence-corrected chi connectivity index (χ2v) is 1.85. The maximum absolute atomic E-state index is 8.88. The van der Waals surface area contributed by atoms with E-state index in [0.29, 0.717) is 0 Å². The fourth-order valence-electron chi connectivity index (χ4n) is 0.514. The zero-order valence-electron chi connectivity index (χ0n) is 6.19. The van der Waals surface area contributed by atoms with E-state index in [9.17, 15) is 0 Å². The third-order valence-corrected chi connectivity index (χ3v) is 1.06. The molecule has 1 heterocycles. The number of carbonyl (C=O) groups excluding carboxylic acids is 1. The van der Waals surface area contributed by atoms with Crippen molar-refractivity contribution in [1.82, 2.24) is 0 Å². The molecule has 0 radical (unpaired) electrons. The van der Waals surface area contributed by atoms with Gasteiger partial charge in [-0.3, -0.25) is 4.79 Å². The predicted molar refractivity (Wildman–Crippen MR) is 44.2 cm³/mol. The van der Waals surface area contributed by atoms with Crippen molar-refractivity contribution >= 4 is 19.4 Å². The normalized spacial score (nSPS) is 7.82. The van der Waals surface area contributed by atoms with Crippen LogP contribution in [0.3, 0.4) is 0 Å². The Labute approximate surface area is 71.0 Å². The lowest BCUT2D eigenvalue weighted by Crippen LogP contribution is -1.66. The minimum absolute atomic E-state index is 0.239. The second-order valence-electron chi connectivity index (χ2n) is 1.63. The molecule has 0 aliphatic heterocycles. The molecule has 0 fully saturated rings. The molecule has 3 nitrogen and oxygen atoms in total. The van der Waals surface area contributed by atoms with Crippen LogP contribution in [0.1, 0.15) is 12.7 Å². The van der Waals surface area contributed by atoms with Crippen LogP contribution in [0, 0.1) is 0 Å². The van der Waals surface area contributed by atoms with Crippen LogP contribution < -0.4 is 0 Å². The lowest BCUT2D eigenvalue weighted by Gasteiger charge is -1.79. The van der Waals surface area contributed by atoms with Gasteiger partial charge >= 0.3 is 6.47 Å². The van der Waals surface area contributed by atoms with Crippen molar-refractivity contribution in [3.63, 3.8) is 0 Å². The van der Waals surface area contributed by atoms with Gasteiger partial charge in [-0.1, -0.05) is 6.92 Å². The van der Waals surface area contributed by atoms with Crippen LogP contribution >= 0.6 is 12.9 Å². The van der Waals surface area contributed by atoms with E-state index in [-0.39, 0.29) is 6.47 Å². The summed E-state index contributed by atoms with van der Waals surface area (Å²) in [7, 11) is 0. The third-order valence-electron chi connectivity index (χ3n) is 0.972. The number of hydrogen-bond acceptors (Lipinski definition) is 4. The molecule has 0 amide bonds. The molecule has 11 heavy (non-hydrogen) atoms. The monoisotopic (exact) mass is 174 g/mol. The molecule has 0 spiro atoms. The van der Waals surface area contributed by atoms with Crippen molar-refractivity contribution in [2.45, 2.75) is 13.3 Å². The standard InChI is InChI=1S/C6H8O.CH2O2S/c1-2-6-4-3-5-7-6;2-1-3-4/h3-5H,2H2,1H3;1,4H. The summed E-state index contributed by atoms with van der Waals surface area (Å²) in [6, 6.07) is 3.87. The Morgan fingerprint density at radius 3 is 2.64 bits per heavy atom. The van der Waals surface area contributed by atoms with Crippen LogP contribution in [0.4, 0.5) is 0 Å². The molecule has 0 saturated carbocycles. The minimum atomic E-state index is 0.239. The Kier molecular flexibility index (Phi) is 6.62. The summed E-state index contributed by atoms with van der Waals surface area (Å²) in [5.74, 6) is 1.06. The molecule has 1 aromatic heterocycles. The van der Waals surface area contributed by atoms with Gasteiger partial charge in [0.05, 0.1) is 6.26 Å². The summed E-state index contributed by atoms with van der Waals surface area (Å²) in [4.78, 5) is 8.88. The van der Waals surface area contributed by atoms with Gasteiger partial charge in [-0.15, -0.1) is 0 Å². The van der Waals surface area contributed by atoms with Crippen molar-refractivity contribution < 1.29 is 13.4 Å². The molecule has 0 N–H and O–H groups in total. The van der Waals surface area contributed by atoms with E-state index in [1.165, 1.54) is 0 Å². The molecule has 0 aliphatic rings. The molecule has 0 saturated heterocycles. The summed E-state index contributed by atoms with van der Waals surface area (Å²) in [6.45, 7) is 2.31. The Morgan fingerprint density at radius 1 is 1.82 bits per heavy atom. The van der Waals surface area contributed by atoms with E-state index in [1.54, 1.807) is 6.26 Å². The Morgan fingerprint density at radius 2 is 2.45 bits per heavy atom. The van der Waals surface area contributed by atoms with Gasteiger partial charge in [0.1, 0.15) is 5.76 Å². The molecule has 4 heteroatoms. The van der Waals surface area contributed by atoms with Gasteiger partial charge < -0.3 is 8.60 Å². The van der Waals surface area contributed by atoms with Gasteiger partial charge in [0.25, 0.3) is 0 Å². The van der Waals surface area contributed by atoms with Gasteiger partial charge in [-0.05, 0) is 12.1 Å². The van der Waals surface area contributed by atoms with Gasteiger partial charge in [0, 0.05) is 19.3 Å². The number of carbonyl (C=O) groups is 1. The molecular weight excluding hydrogens is 164 g/mol. The van der Waals surface area contributed by atoms with Gasteiger partial charge in [0.2, 0.25) is 0 Å². The summed E-state index contributed by atoms with van der Waals surface area (Å²) in [6.07, 6.45) is 2.69. The molecule has 0 aliphatic carbocycles. The highest BCUT2D eigenvalue weighted by molar-refractivity contribution is 7.75. The van der Waals surface area contributed by atoms with Crippen LogP contribution in [-0.4, -0.2) is 6.47 Å². The highest BCUT2D eigenvalue weighted by atomic mass is 32.1. The first kappa shape index (κ1) is 10.1. The zero-order chi connectivity index (χ0) is 8.53. The van der Waals surface area contributed by atoms with Gasteiger partial charge in [-0.2, -0.15) is 0 Å². The number of aryl methyl sites for hydroxylation is 1. The van der Waals surface area contributed by atoms with E-state index in [1.807, 2.05) is 12.1 Å². The lowest BCUT2D eigenvalue weighted by molar-refractivity contribution is -0.119. The van der Waals surface area contributed by atoms with Crippen molar-refractivity contribution in [3.8, 4) is 0 Å². The molecule has 0 unspecified atom stereocenters. The fraction of sp³-hybridized carbons (Fsp3) is 0.286. The van der Waals surface area contributed by atoms with E-state index in [0.717, 1.165) is 12.2 Å². The maximum Gasteiger partial charge on any atom is 0.304 e. The molecule has 0 bridgehead atoms. The summed E-state index contributed by atoms with van der Waals surface area (Å²) in [5, 5.41) is 0. The van der Waals surface area contributed by atoms with Crippen LogP contribution in [0.15, 0.2) is 22.8 Å². The molecule has 62 valence electrons. The smallest absolute Gasteiger partial charge is 0.304 e. The number of hydrogen-bond donors (Lipinski definition) is 1. The van der Waals surface area contributed by atoms with Crippen molar-refractivity contribution in [1.29, 1.82) is 0 Å². The number of furan rings is 1. The van der Waals surface area contributed by atoms with Crippen molar-refractivity contribution in [2.24, 2.45) is 0 Å². The average molecular weight is 174 g/mol. The van der Waals surface area contributed by atoms with Crippen molar-refractivity contribution in [3.05, 3.63) is 24.2 Å². The predicted octanol–water partition coefficient (Wildman–Crippen LogP) is 1.85. The third kappa shape index (κ3) is 5.54. The Balaban J connectivity index is 0.000000218. The van der Waals surface area contributed by atoms with Crippen LogP contribution in [0.5, 0.6) is 0 Å². The van der Waals surface area contributed by atoms with Gasteiger partial charge in [0.15, 0.2) is 0 Å². The first-order chi connectivity index (χ1) is 5.35. The van der Waals surface area contributed by atoms with E-state index in [2.05, 4.69) is 24.0 Å². The Bertz CT molecular complexity index is 172. The topological polar surface area (TPSA) is 39.4 Å². The summed E-state index contributed by atoms with van der Waals surface area (Å²) >= 11 is 3.05. The van der Waals surface area contributed by atoms with E-state index >= 15 is 0 Å². The largest absolute Gasteiger partial charge is 0.469 e. The number of rotatable bonds is 2. The molecular formula is C7H10O3S. The van der Waals surface area contributed by atoms with Gasteiger partial charge in [-0.25, -0.2) is 0 Å². The molecule has 0 aromatic carbocycles. The molecule has 1 aromatic rings. The highest BCUT2D eigenvalue weighted by Crippen LogP contribution is 1.98. The SMILES string of the molecule is CCc1ccco1.O=COS.